The Kier molecular flexibility index (Phi) is 5.87. The van der Waals surface area contributed by atoms with Crippen LogP contribution in [0.3, 0.4) is 0 Å². The molecular formula is C25H22ClNO2. The Morgan fingerprint density at radius 3 is 2.38 bits per heavy atom. The van der Waals surface area contributed by atoms with E-state index in [0.29, 0.717) is 18.2 Å². The van der Waals surface area contributed by atoms with E-state index in [1.54, 1.807) is 7.11 Å². The third kappa shape index (κ3) is 4.47. The molecule has 0 aliphatic rings. The van der Waals surface area contributed by atoms with Gasteiger partial charge in [0, 0.05) is 28.4 Å². The summed E-state index contributed by atoms with van der Waals surface area (Å²) in [5.41, 5.74) is 3.11. The summed E-state index contributed by atoms with van der Waals surface area (Å²) in [4.78, 5) is 0. The second kappa shape index (κ2) is 8.89. The predicted molar refractivity (Wildman–Crippen MR) is 120 cm³/mol. The molecule has 0 saturated carbocycles. The van der Waals surface area contributed by atoms with E-state index in [1.807, 2.05) is 60.7 Å². The molecule has 0 bridgehead atoms. The minimum absolute atomic E-state index is 0.424. The summed E-state index contributed by atoms with van der Waals surface area (Å²) in [5.74, 6) is 1.69. The first-order valence-electron chi connectivity index (χ1n) is 9.49. The van der Waals surface area contributed by atoms with E-state index in [1.165, 1.54) is 10.8 Å². The number of benzene rings is 4. The maximum atomic E-state index is 6.29. The van der Waals surface area contributed by atoms with E-state index in [9.17, 15) is 0 Å². The zero-order chi connectivity index (χ0) is 20.1. The van der Waals surface area contributed by atoms with Crippen LogP contribution in [-0.4, -0.2) is 7.11 Å². The number of halogens is 1. The Bertz CT molecular complexity index is 1110. The second-order valence-electron chi connectivity index (χ2n) is 6.73. The number of rotatable bonds is 7. The van der Waals surface area contributed by atoms with Gasteiger partial charge in [0.1, 0.15) is 18.1 Å². The first-order valence-corrected chi connectivity index (χ1v) is 9.87. The van der Waals surface area contributed by atoms with Crippen molar-refractivity contribution in [2.24, 2.45) is 0 Å². The van der Waals surface area contributed by atoms with Gasteiger partial charge in [-0.05, 0) is 47.2 Å². The predicted octanol–water partition coefficient (Wildman–Crippen LogP) is 6.69. The Labute approximate surface area is 175 Å². The van der Waals surface area contributed by atoms with Gasteiger partial charge >= 0.3 is 0 Å². The minimum Gasteiger partial charge on any atom is -0.497 e. The minimum atomic E-state index is 0.424. The van der Waals surface area contributed by atoms with E-state index >= 15 is 0 Å². The lowest BCUT2D eigenvalue weighted by atomic mass is 10.0. The third-order valence-electron chi connectivity index (χ3n) is 4.90. The first-order chi connectivity index (χ1) is 14.2. The van der Waals surface area contributed by atoms with Crippen molar-refractivity contribution in [3.63, 3.8) is 0 Å². The lowest BCUT2D eigenvalue weighted by Gasteiger charge is -2.16. The van der Waals surface area contributed by atoms with Gasteiger partial charge in [-0.3, -0.25) is 0 Å². The van der Waals surface area contributed by atoms with E-state index < -0.39 is 0 Å². The maximum absolute atomic E-state index is 6.29. The van der Waals surface area contributed by atoms with E-state index in [0.717, 1.165) is 28.3 Å². The Morgan fingerprint density at radius 1 is 0.828 bits per heavy atom. The summed E-state index contributed by atoms with van der Waals surface area (Å²) in [6.07, 6.45) is 0. The Balaban J connectivity index is 1.60. The fourth-order valence-corrected chi connectivity index (χ4v) is 3.49. The van der Waals surface area contributed by atoms with Crippen LogP contribution in [0.2, 0.25) is 5.02 Å². The van der Waals surface area contributed by atoms with Crippen LogP contribution in [0, 0.1) is 0 Å². The number of ether oxygens (including phenoxy) is 2. The van der Waals surface area contributed by atoms with E-state index in [2.05, 4.69) is 29.6 Å². The van der Waals surface area contributed by atoms with Crippen LogP contribution in [0.4, 0.5) is 5.69 Å². The van der Waals surface area contributed by atoms with Crippen molar-refractivity contribution >= 4 is 28.1 Å². The summed E-state index contributed by atoms with van der Waals surface area (Å²) in [5, 5.41) is 6.56. The SMILES string of the molecule is COc1ccc(NCc2c(OCc3ccccc3Cl)ccc3ccccc23)cc1. The molecule has 4 heteroatoms. The highest BCUT2D eigenvalue weighted by molar-refractivity contribution is 6.31. The zero-order valence-corrected chi connectivity index (χ0v) is 16.9. The van der Waals surface area contributed by atoms with Crippen LogP contribution < -0.4 is 14.8 Å². The molecule has 0 heterocycles. The topological polar surface area (TPSA) is 30.5 Å². The number of hydrogen-bond acceptors (Lipinski definition) is 3. The van der Waals surface area contributed by atoms with E-state index in [4.69, 9.17) is 21.1 Å². The van der Waals surface area contributed by atoms with Crippen LogP contribution in [0.1, 0.15) is 11.1 Å². The molecule has 0 radical (unpaired) electrons. The van der Waals surface area contributed by atoms with Gasteiger partial charge < -0.3 is 14.8 Å². The number of fused-ring (bicyclic) bond motifs is 1. The van der Waals surface area contributed by atoms with Crippen molar-refractivity contribution in [3.05, 3.63) is 101 Å². The molecule has 4 aromatic carbocycles. The Morgan fingerprint density at radius 2 is 1.59 bits per heavy atom. The van der Waals surface area contributed by atoms with Gasteiger partial charge in [0.15, 0.2) is 0 Å². The largest absolute Gasteiger partial charge is 0.497 e. The fraction of sp³-hybridized carbons (Fsp3) is 0.120. The number of methoxy groups -OCH3 is 1. The number of hydrogen-bond donors (Lipinski definition) is 1. The summed E-state index contributed by atoms with van der Waals surface area (Å²) in [6.45, 7) is 1.07. The van der Waals surface area contributed by atoms with Gasteiger partial charge in [-0.15, -0.1) is 0 Å². The molecule has 0 aliphatic heterocycles. The molecule has 4 aromatic rings. The van der Waals surface area contributed by atoms with Gasteiger partial charge in [0.2, 0.25) is 0 Å². The highest BCUT2D eigenvalue weighted by Gasteiger charge is 2.10. The van der Waals surface area contributed by atoms with Gasteiger partial charge in [0.25, 0.3) is 0 Å². The average molecular weight is 404 g/mol. The molecule has 29 heavy (non-hydrogen) atoms. The highest BCUT2D eigenvalue weighted by Crippen LogP contribution is 2.30. The summed E-state index contributed by atoms with van der Waals surface area (Å²) >= 11 is 6.29. The molecule has 4 rings (SSSR count). The van der Waals surface area contributed by atoms with Gasteiger partial charge in [-0.1, -0.05) is 60.1 Å². The van der Waals surface area contributed by atoms with Crippen LogP contribution in [0.15, 0.2) is 84.9 Å². The molecule has 146 valence electrons. The standard InChI is InChI=1S/C25H22ClNO2/c1-28-21-13-11-20(12-14-21)27-16-23-22-8-4-2-6-18(22)10-15-25(23)29-17-19-7-3-5-9-24(19)26/h2-15,27H,16-17H2,1H3. The first kappa shape index (κ1) is 19.2. The lowest BCUT2D eigenvalue weighted by Crippen LogP contribution is -2.05. The van der Waals surface area contributed by atoms with E-state index in [-0.39, 0.29) is 0 Å². The molecule has 0 saturated heterocycles. The summed E-state index contributed by atoms with van der Waals surface area (Å²) < 4.78 is 11.4. The van der Waals surface area contributed by atoms with Crippen LogP contribution in [0.5, 0.6) is 11.5 Å². The van der Waals surface area contributed by atoms with Crippen molar-refractivity contribution in [2.75, 3.05) is 12.4 Å². The molecule has 0 aromatic heterocycles. The molecule has 0 fully saturated rings. The molecule has 0 atom stereocenters. The smallest absolute Gasteiger partial charge is 0.125 e. The molecule has 0 amide bonds. The highest BCUT2D eigenvalue weighted by atomic mass is 35.5. The molecule has 1 N–H and O–H groups in total. The number of anilines is 1. The molecule has 0 spiro atoms. The van der Waals surface area contributed by atoms with Gasteiger partial charge in [0.05, 0.1) is 7.11 Å². The average Bonchev–Trinajstić information content (AvgIpc) is 2.77. The quantitative estimate of drug-likeness (QED) is 0.372. The fourth-order valence-electron chi connectivity index (χ4n) is 3.30. The molecular weight excluding hydrogens is 382 g/mol. The molecule has 0 unspecified atom stereocenters. The number of nitrogens with one attached hydrogen (secondary N) is 1. The van der Waals surface area contributed by atoms with Crippen LogP contribution in [0.25, 0.3) is 10.8 Å². The third-order valence-corrected chi connectivity index (χ3v) is 5.27. The molecule has 3 nitrogen and oxygen atoms in total. The van der Waals surface area contributed by atoms with Gasteiger partial charge in [-0.2, -0.15) is 0 Å². The zero-order valence-electron chi connectivity index (χ0n) is 16.2. The van der Waals surface area contributed by atoms with Crippen molar-refractivity contribution < 1.29 is 9.47 Å². The van der Waals surface area contributed by atoms with Crippen molar-refractivity contribution in [1.29, 1.82) is 0 Å². The van der Waals surface area contributed by atoms with Crippen LogP contribution in [-0.2, 0) is 13.2 Å². The van der Waals surface area contributed by atoms with Crippen molar-refractivity contribution in [3.8, 4) is 11.5 Å². The monoisotopic (exact) mass is 403 g/mol. The van der Waals surface area contributed by atoms with Crippen LogP contribution >= 0.6 is 11.6 Å². The van der Waals surface area contributed by atoms with Crippen molar-refractivity contribution in [1.82, 2.24) is 0 Å². The Hall–Kier alpha value is -3.17. The lowest BCUT2D eigenvalue weighted by molar-refractivity contribution is 0.304. The summed E-state index contributed by atoms with van der Waals surface area (Å²) in [6, 6.07) is 28.1. The maximum Gasteiger partial charge on any atom is 0.125 e. The normalized spacial score (nSPS) is 10.7. The van der Waals surface area contributed by atoms with Gasteiger partial charge in [-0.25, -0.2) is 0 Å². The molecule has 0 aliphatic carbocycles. The van der Waals surface area contributed by atoms with Crippen molar-refractivity contribution in [2.45, 2.75) is 13.2 Å². The second-order valence-corrected chi connectivity index (χ2v) is 7.13. The summed E-state index contributed by atoms with van der Waals surface area (Å²) in [7, 11) is 1.67.